The number of esters is 1. The number of carbonyl (C=O) groups excluding carboxylic acids is 3. The highest BCUT2D eigenvalue weighted by Gasteiger charge is 2.46. The van der Waals surface area contributed by atoms with E-state index < -0.39 is 30.3 Å². The largest absolute Gasteiger partial charge is 0.465 e. The molecular formula is C15H15F3O4. The molecule has 0 radical (unpaired) electrons. The molecule has 0 aliphatic carbocycles. The van der Waals surface area contributed by atoms with Crippen molar-refractivity contribution in [2.75, 3.05) is 6.61 Å². The van der Waals surface area contributed by atoms with Crippen molar-refractivity contribution in [3.63, 3.8) is 0 Å². The zero-order chi connectivity index (χ0) is 16.9. The van der Waals surface area contributed by atoms with Crippen LogP contribution < -0.4 is 0 Å². The van der Waals surface area contributed by atoms with Gasteiger partial charge < -0.3 is 4.74 Å². The van der Waals surface area contributed by atoms with Crippen molar-refractivity contribution < 1.29 is 32.3 Å². The molecule has 0 amide bonds. The van der Waals surface area contributed by atoms with E-state index >= 15 is 0 Å². The summed E-state index contributed by atoms with van der Waals surface area (Å²) in [6, 6.07) is 5.68. The number of rotatable bonds is 6. The Hall–Kier alpha value is -2.18. The van der Waals surface area contributed by atoms with Crippen molar-refractivity contribution in [3.05, 3.63) is 35.4 Å². The quantitative estimate of drug-likeness (QED) is 0.460. The van der Waals surface area contributed by atoms with Crippen LogP contribution >= 0.6 is 0 Å². The zero-order valence-electron chi connectivity index (χ0n) is 12.1. The Morgan fingerprint density at radius 2 is 1.68 bits per heavy atom. The standard InChI is InChI=1S/C15H15F3O4/c1-3-22-14(21)12(13(20)15(16,17)18)8-10-4-6-11(7-5-10)9(2)19/h4-7,12H,3,8H2,1-2H3. The molecule has 120 valence electrons. The molecule has 0 spiro atoms. The van der Waals surface area contributed by atoms with Gasteiger partial charge in [0.25, 0.3) is 5.78 Å². The van der Waals surface area contributed by atoms with E-state index in [2.05, 4.69) is 4.74 Å². The molecule has 0 aromatic heterocycles. The molecule has 0 bridgehead atoms. The van der Waals surface area contributed by atoms with Gasteiger partial charge in [0.05, 0.1) is 6.61 Å². The van der Waals surface area contributed by atoms with Crippen molar-refractivity contribution in [1.82, 2.24) is 0 Å². The molecule has 1 unspecified atom stereocenters. The lowest BCUT2D eigenvalue weighted by atomic mass is 9.94. The van der Waals surface area contributed by atoms with Crippen LogP contribution in [-0.2, 0) is 20.7 Å². The maximum absolute atomic E-state index is 12.6. The van der Waals surface area contributed by atoms with Crippen molar-refractivity contribution in [2.24, 2.45) is 5.92 Å². The topological polar surface area (TPSA) is 60.4 Å². The zero-order valence-corrected chi connectivity index (χ0v) is 12.1. The molecule has 1 aromatic carbocycles. The van der Waals surface area contributed by atoms with Crippen LogP contribution in [0.2, 0.25) is 0 Å². The number of ether oxygens (including phenoxy) is 1. The van der Waals surface area contributed by atoms with Gasteiger partial charge in [0.2, 0.25) is 0 Å². The Morgan fingerprint density at radius 3 is 2.09 bits per heavy atom. The van der Waals surface area contributed by atoms with Gasteiger partial charge in [-0.25, -0.2) is 0 Å². The third-order valence-electron chi connectivity index (χ3n) is 2.97. The Bertz CT molecular complexity index is 561. The first kappa shape index (κ1) is 17.9. The minimum absolute atomic E-state index is 0.121. The maximum atomic E-state index is 12.6. The summed E-state index contributed by atoms with van der Waals surface area (Å²) < 4.78 is 42.3. The third kappa shape index (κ3) is 4.68. The fourth-order valence-corrected chi connectivity index (χ4v) is 1.83. The Morgan fingerprint density at radius 1 is 1.14 bits per heavy atom. The molecule has 0 heterocycles. The van der Waals surface area contributed by atoms with Gasteiger partial charge in [-0.05, 0) is 25.8 Å². The van der Waals surface area contributed by atoms with Crippen LogP contribution in [0.25, 0.3) is 0 Å². The second-order valence-electron chi connectivity index (χ2n) is 4.62. The highest BCUT2D eigenvalue weighted by molar-refractivity contribution is 6.02. The van der Waals surface area contributed by atoms with E-state index in [0.29, 0.717) is 11.1 Å². The van der Waals surface area contributed by atoms with Crippen LogP contribution in [0.5, 0.6) is 0 Å². The van der Waals surface area contributed by atoms with E-state index in [-0.39, 0.29) is 12.4 Å². The summed E-state index contributed by atoms with van der Waals surface area (Å²) in [5.41, 5.74) is 0.722. The van der Waals surface area contributed by atoms with E-state index in [1.165, 1.54) is 38.1 Å². The molecule has 1 rings (SSSR count). The number of alkyl halides is 3. The molecule has 0 N–H and O–H groups in total. The Kier molecular flexibility index (Phi) is 5.84. The lowest BCUT2D eigenvalue weighted by molar-refractivity contribution is -0.180. The average Bonchev–Trinajstić information content (AvgIpc) is 2.43. The molecule has 4 nitrogen and oxygen atoms in total. The van der Waals surface area contributed by atoms with Crippen molar-refractivity contribution in [1.29, 1.82) is 0 Å². The van der Waals surface area contributed by atoms with Crippen LogP contribution in [-0.4, -0.2) is 30.3 Å². The summed E-state index contributed by atoms with van der Waals surface area (Å²) in [6.45, 7) is 2.67. The maximum Gasteiger partial charge on any atom is 0.450 e. The molecular weight excluding hydrogens is 301 g/mol. The summed E-state index contributed by atoms with van der Waals surface area (Å²) in [7, 11) is 0. The van der Waals surface area contributed by atoms with Crippen LogP contribution in [0, 0.1) is 5.92 Å². The lowest BCUT2D eigenvalue weighted by Gasteiger charge is -2.16. The van der Waals surface area contributed by atoms with Gasteiger partial charge in [-0.1, -0.05) is 24.3 Å². The molecule has 0 fully saturated rings. The number of halogens is 3. The molecule has 0 saturated carbocycles. The van der Waals surface area contributed by atoms with Gasteiger partial charge in [0.1, 0.15) is 5.92 Å². The van der Waals surface area contributed by atoms with E-state index in [9.17, 15) is 27.6 Å². The first-order valence-corrected chi connectivity index (χ1v) is 6.54. The van der Waals surface area contributed by atoms with Gasteiger partial charge in [-0.2, -0.15) is 13.2 Å². The molecule has 0 aliphatic rings. The summed E-state index contributed by atoms with van der Waals surface area (Å²) in [5.74, 6) is -5.48. The Balaban J connectivity index is 3.00. The third-order valence-corrected chi connectivity index (χ3v) is 2.97. The molecule has 7 heteroatoms. The molecule has 0 saturated heterocycles. The SMILES string of the molecule is CCOC(=O)C(Cc1ccc(C(C)=O)cc1)C(=O)C(F)(F)F. The number of hydrogen-bond donors (Lipinski definition) is 0. The number of benzene rings is 1. The number of hydrogen-bond acceptors (Lipinski definition) is 4. The van der Waals surface area contributed by atoms with Crippen molar-refractivity contribution in [2.45, 2.75) is 26.4 Å². The van der Waals surface area contributed by atoms with E-state index in [0.717, 1.165) is 0 Å². The first-order valence-electron chi connectivity index (χ1n) is 6.54. The molecule has 0 aliphatic heterocycles. The molecule has 1 atom stereocenters. The fraction of sp³-hybridized carbons (Fsp3) is 0.400. The fourth-order valence-electron chi connectivity index (χ4n) is 1.83. The van der Waals surface area contributed by atoms with E-state index in [1.807, 2.05) is 0 Å². The first-order chi connectivity index (χ1) is 10.2. The van der Waals surface area contributed by atoms with E-state index in [4.69, 9.17) is 0 Å². The van der Waals surface area contributed by atoms with Crippen LogP contribution in [0.15, 0.2) is 24.3 Å². The highest BCUT2D eigenvalue weighted by atomic mass is 19.4. The molecule has 22 heavy (non-hydrogen) atoms. The average molecular weight is 316 g/mol. The van der Waals surface area contributed by atoms with E-state index in [1.54, 1.807) is 0 Å². The van der Waals surface area contributed by atoms with Crippen LogP contribution in [0.3, 0.4) is 0 Å². The van der Waals surface area contributed by atoms with Gasteiger partial charge in [0.15, 0.2) is 5.78 Å². The minimum Gasteiger partial charge on any atom is -0.465 e. The highest BCUT2D eigenvalue weighted by Crippen LogP contribution is 2.24. The van der Waals surface area contributed by atoms with Gasteiger partial charge >= 0.3 is 12.1 Å². The lowest BCUT2D eigenvalue weighted by Crippen LogP contribution is -2.37. The normalized spacial score (nSPS) is 12.6. The van der Waals surface area contributed by atoms with Gasteiger partial charge in [-0.15, -0.1) is 0 Å². The summed E-state index contributed by atoms with van der Waals surface area (Å²) in [6.07, 6.45) is -5.55. The van der Waals surface area contributed by atoms with Gasteiger partial charge in [-0.3, -0.25) is 14.4 Å². The van der Waals surface area contributed by atoms with Crippen molar-refractivity contribution in [3.8, 4) is 0 Å². The summed E-state index contributed by atoms with van der Waals surface area (Å²) >= 11 is 0. The summed E-state index contributed by atoms with van der Waals surface area (Å²) in [5, 5.41) is 0. The predicted octanol–water partition coefficient (Wildman–Crippen LogP) is 2.74. The Labute approximate surface area is 125 Å². The summed E-state index contributed by atoms with van der Waals surface area (Å²) in [4.78, 5) is 34.1. The smallest absolute Gasteiger partial charge is 0.450 e. The second kappa shape index (κ2) is 7.20. The second-order valence-corrected chi connectivity index (χ2v) is 4.62. The van der Waals surface area contributed by atoms with Gasteiger partial charge in [0, 0.05) is 5.56 Å². The predicted molar refractivity (Wildman–Crippen MR) is 71.3 cm³/mol. The molecule has 1 aromatic rings. The number of Topliss-reactive ketones (excluding diaryl/α,β-unsaturated/α-hetero) is 2. The van der Waals surface area contributed by atoms with Crippen LogP contribution in [0.1, 0.15) is 29.8 Å². The number of carbonyl (C=O) groups is 3. The van der Waals surface area contributed by atoms with Crippen molar-refractivity contribution >= 4 is 17.5 Å². The number of ketones is 2. The minimum atomic E-state index is -5.11. The monoisotopic (exact) mass is 316 g/mol. The van der Waals surface area contributed by atoms with Crippen LogP contribution in [0.4, 0.5) is 13.2 Å².